The van der Waals surface area contributed by atoms with Gasteiger partial charge in [-0.05, 0) is 50.8 Å². The Morgan fingerprint density at radius 3 is 2.64 bits per heavy atom. The van der Waals surface area contributed by atoms with Crippen LogP contribution in [0.2, 0.25) is 0 Å². The van der Waals surface area contributed by atoms with Crippen molar-refractivity contribution in [2.24, 2.45) is 0 Å². The molecule has 0 aliphatic rings. The van der Waals surface area contributed by atoms with Crippen LogP contribution in [0.3, 0.4) is 0 Å². The van der Waals surface area contributed by atoms with Gasteiger partial charge < -0.3 is 14.3 Å². The number of methoxy groups -OCH3 is 1. The number of allylic oxidation sites excluding steroid dienone is 2. The van der Waals surface area contributed by atoms with Crippen LogP contribution in [0.15, 0.2) is 39.1 Å². The first kappa shape index (κ1) is 16.3. The maximum Gasteiger partial charge on any atom is 0.339 e. The first-order chi connectivity index (χ1) is 10.5. The van der Waals surface area contributed by atoms with E-state index >= 15 is 0 Å². The summed E-state index contributed by atoms with van der Waals surface area (Å²) in [5.74, 6) is 0.682. The highest BCUT2D eigenvalue weighted by Crippen LogP contribution is 2.27. The number of aliphatic hydroxyl groups is 1. The lowest BCUT2D eigenvalue weighted by Crippen LogP contribution is -2.06. The third-order valence-electron chi connectivity index (χ3n) is 3.54. The van der Waals surface area contributed by atoms with Crippen LogP contribution in [-0.2, 0) is 12.8 Å². The van der Waals surface area contributed by atoms with E-state index in [1.165, 1.54) is 0 Å². The molecule has 4 nitrogen and oxygen atoms in total. The van der Waals surface area contributed by atoms with Gasteiger partial charge in [0, 0.05) is 23.6 Å². The van der Waals surface area contributed by atoms with Crippen molar-refractivity contribution in [1.29, 1.82) is 0 Å². The average Bonchev–Trinajstić information content (AvgIpc) is 2.50. The average molecular weight is 302 g/mol. The van der Waals surface area contributed by atoms with Gasteiger partial charge in [-0.15, -0.1) is 0 Å². The third-order valence-corrected chi connectivity index (χ3v) is 3.54. The van der Waals surface area contributed by atoms with Gasteiger partial charge in [-0.3, -0.25) is 0 Å². The van der Waals surface area contributed by atoms with Crippen LogP contribution in [0.1, 0.15) is 31.4 Å². The molecule has 2 rings (SSSR count). The molecule has 0 amide bonds. The van der Waals surface area contributed by atoms with E-state index in [0.717, 1.165) is 22.9 Å². The molecule has 0 bridgehead atoms. The summed E-state index contributed by atoms with van der Waals surface area (Å²) in [6.07, 6.45) is 3.97. The van der Waals surface area contributed by atoms with E-state index < -0.39 is 0 Å². The van der Waals surface area contributed by atoms with Crippen molar-refractivity contribution in [1.82, 2.24) is 0 Å². The second-order valence-corrected chi connectivity index (χ2v) is 5.57. The lowest BCUT2D eigenvalue weighted by atomic mass is 10.0. The summed E-state index contributed by atoms with van der Waals surface area (Å²) in [7, 11) is 1.59. The van der Waals surface area contributed by atoms with Gasteiger partial charge in [0.05, 0.1) is 7.11 Å². The number of benzene rings is 1. The zero-order valence-electron chi connectivity index (χ0n) is 13.3. The predicted octanol–water partition coefficient (Wildman–Crippen LogP) is 3.24. The monoisotopic (exact) mass is 302 g/mol. The Kier molecular flexibility index (Phi) is 5.39. The van der Waals surface area contributed by atoms with Crippen LogP contribution in [0.4, 0.5) is 0 Å². The summed E-state index contributed by atoms with van der Waals surface area (Å²) >= 11 is 0. The SMILES string of the molecule is COc1cc2oc(=O)c(CC=C(C)C)cc2cc1CCCO. The minimum absolute atomic E-state index is 0.136. The van der Waals surface area contributed by atoms with Crippen molar-refractivity contribution in [3.8, 4) is 5.75 Å². The van der Waals surface area contributed by atoms with Gasteiger partial charge in [-0.2, -0.15) is 0 Å². The highest BCUT2D eigenvalue weighted by atomic mass is 16.5. The fourth-order valence-corrected chi connectivity index (χ4v) is 2.35. The summed E-state index contributed by atoms with van der Waals surface area (Å²) in [5, 5.41) is 9.88. The highest BCUT2D eigenvalue weighted by molar-refractivity contribution is 5.80. The molecule has 22 heavy (non-hydrogen) atoms. The molecular formula is C18H22O4. The van der Waals surface area contributed by atoms with Crippen LogP contribution in [-0.4, -0.2) is 18.8 Å². The van der Waals surface area contributed by atoms with Crippen molar-refractivity contribution in [3.05, 3.63) is 51.4 Å². The van der Waals surface area contributed by atoms with Crippen molar-refractivity contribution in [2.45, 2.75) is 33.1 Å². The highest BCUT2D eigenvalue weighted by Gasteiger charge is 2.10. The molecule has 0 unspecified atom stereocenters. The van der Waals surface area contributed by atoms with Crippen molar-refractivity contribution >= 4 is 11.0 Å². The second-order valence-electron chi connectivity index (χ2n) is 5.57. The van der Waals surface area contributed by atoms with Crippen molar-refractivity contribution in [2.75, 3.05) is 13.7 Å². The molecule has 2 aromatic rings. The summed E-state index contributed by atoms with van der Waals surface area (Å²) in [4.78, 5) is 12.0. The lowest BCUT2D eigenvalue weighted by Gasteiger charge is -2.10. The van der Waals surface area contributed by atoms with E-state index in [0.29, 0.717) is 29.7 Å². The lowest BCUT2D eigenvalue weighted by molar-refractivity contribution is 0.287. The van der Waals surface area contributed by atoms with Gasteiger partial charge >= 0.3 is 5.63 Å². The number of rotatable bonds is 6. The molecule has 4 heteroatoms. The molecule has 0 aliphatic heterocycles. The van der Waals surface area contributed by atoms with E-state index in [9.17, 15) is 4.79 Å². The normalized spacial score (nSPS) is 10.7. The summed E-state index contributed by atoms with van der Waals surface area (Å²) in [6.45, 7) is 4.14. The van der Waals surface area contributed by atoms with Crippen LogP contribution in [0, 0.1) is 0 Å². The first-order valence-corrected chi connectivity index (χ1v) is 7.43. The molecule has 0 saturated heterocycles. The standard InChI is InChI=1S/C18H22O4/c1-12(2)6-7-14-10-15-9-13(5-4-8-19)16(21-3)11-17(15)22-18(14)20/h6,9-11,19H,4-5,7-8H2,1-3H3. The molecule has 0 aliphatic carbocycles. The number of aryl methyl sites for hydroxylation is 1. The fourth-order valence-electron chi connectivity index (χ4n) is 2.35. The molecule has 1 aromatic carbocycles. The van der Waals surface area contributed by atoms with E-state index in [2.05, 4.69) is 0 Å². The number of aliphatic hydroxyl groups excluding tert-OH is 1. The Bertz CT molecular complexity index is 737. The Morgan fingerprint density at radius 2 is 2.00 bits per heavy atom. The molecular weight excluding hydrogens is 280 g/mol. The minimum atomic E-state index is -0.310. The van der Waals surface area contributed by atoms with Gasteiger partial charge in [0.2, 0.25) is 0 Å². The predicted molar refractivity (Wildman–Crippen MR) is 87.6 cm³/mol. The van der Waals surface area contributed by atoms with E-state index in [1.807, 2.05) is 32.1 Å². The van der Waals surface area contributed by atoms with Gasteiger partial charge in [0.1, 0.15) is 11.3 Å². The topological polar surface area (TPSA) is 59.7 Å². The summed E-state index contributed by atoms with van der Waals surface area (Å²) in [6, 6.07) is 5.59. The molecule has 0 spiro atoms. The van der Waals surface area contributed by atoms with Crippen LogP contribution in [0.5, 0.6) is 5.75 Å². The van der Waals surface area contributed by atoms with E-state index in [1.54, 1.807) is 13.2 Å². The third kappa shape index (κ3) is 3.77. The van der Waals surface area contributed by atoms with Crippen LogP contribution >= 0.6 is 0 Å². The molecule has 1 aromatic heterocycles. The van der Waals surface area contributed by atoms with Gasteiger partial charge in [0.15, 0.2) is 0 Å². The zero-order valence-corrected chi connectivity index (χ0v) is 13.3. The molecule has 1 heterocycles. The van der Waals surface area contributed by atoms with Gasteiger partial charge in [0.25, 0.3) is 0 Å². The largest absolute Gasteiger partial charge is 0.496 e. The summed E-state index contributed by atoms with van der Waals surface area (Å²) < 4.78 is 10.8. The molecule has 0 radical (unpaired) electrons. The first-order valence-electron chi connectivity index (χ1n) is 7.43. The Balaban J connectivity index is 2.49. The zero-order chi connectivity index (χ0) is 16.1. The van der Waals surface area contributed by atoms with E-state index in [-0.39, 0.29) is 12.2 Å². The fraction of sp³-hybridized carbons (Fsp3) is 0.389. The molecule has 0 saturated carbocycles. The number of fused-ring (bicyclic) bond motifs is 1. The van der Waals surface area contributed by atoms with Gasteiger partial charge in [-0.1, -0.05) is 11.6 Å². The Morgan fingerprint density at radius 1 is 1.27 bits per heavy atom. The molecule has 1 N–H and O–H groups in total. The number of ether oxygens (including phenoxy) is 1. The van der Waals surface area contributed by atoms with Crippen LogP contribution < -0.4 is 10.4 Å². The molecule has 118 valence electrons. The second kappa shape index (κ2) is 7.27. The van der Waals surface area contributed by atoms with Gasteiger partial charge in [-0.25, -0.2) is 4.79 Å². The number of hydrogen-bond acceptors (Lipinski definition) is 4. The van der Waals surface area contributed by atoms with E-state index in [4.69, 9.17) is 14.3 Å². The maximum absolute atomic E-state index is 12.0. The maximum atomic E-state index is 12.0. The molecule has 0 atom stereocenters. The Labute approximate surface area is 130 Å². The minimum Gasteiger partial charge on any atom is -0.496 e. The quantitative estimate of drug-likeness (QED) is 0.657. The van der Waals surface area contributed by atoms with Crippen LogP contribution in [0.25, 0.3) is 11.0 Å². The Hall–Kier alpha value is -2.07. The number of hydrogen-bond donors (Lipinski definition) is 1. The van der Waals surface area contributed by atoms with Crippen molar-refractivity contribution < 1.29 is 14.3 Å². The molecule has 0 fully saturated rings. The summed E-state index contributed by atoms with van der Waals surface area (Å²) in [5.41, 5.74) is 3.03. The smallest absolute Gasteiger partial charge is 0.339 e. The van der Waals surface area contributed by atoms with Crippen molar-refractivity contribution in [3.63, 3.8) is 0 Å².